The number of amides is 1. The van der Waals surface area contributed by atoms with E-state index in [4.69, 9.17) is 4.74 Å². The third kappa shape index (κ3) is 3.73. The zero-order valence-electron chi connectivity index (χ0n) is 15.5. The van der Waals surface area contributed by atoms with Gasteiger partial charge in [-0.1, -0.05) is 0 Å². The first kappa shape index (κ1) is 18.4. The molecule has 0 bridgehead atoms. The number of aromatic amines is 1. The van der Waals surface area contributed by atoms with Crippen LogP contribution in [0, 0.1) is 5.41 Å². The molecule has 2 N–H and O–H groups in total. The molecule has 0 unspecified atom stereocenters. The quantitative estimate of drug-likeness (QED) is 0.847. The average Bonchev–Trinajstić information content (AvgIpc) is 3.07. The minimum Gasteiger partial charge on any atom is -0.391 e. The van der Waals surface area contributed by atoms with Crippen molar-refractivity contribution in [2.24, 2.45) is 5.41 Å². The van der Waals surface area contributed by atoms with Crippen LogP contribution in [0.5, 0.6) is 0 Å². The number of carbonyl (C=O) groups is 1. The maximum Gasteiger partial charge on any atom is 0.249 e. The lowest BCUT2D eigenvalue weighted by molar-refractivity contribution is -0.163. The lowest BCUT2D eigenvalue weighted by Gasteiger charge is -2.56. The fourth-order valence-electron chi connectivity index (χ4n) is 4.20. The van der Waals surface area contributed by atoms with Gasteiger partial charge in [-0.15, -0.1) is 0 Å². The number of likely N-dealkylation sites (tertiary alicyclic amines) is 2. The highest BCUT2D eigenvalue weighted by Crippen LogP contribution is 2.45. The molecule has 0 radical (unpaired) electrons. The van der Waals surface area contributed by atoms with E-state index in [2.05, 4.69) is 14.9 Å². The minimum absolute atomic E-state index is 0.00198. The van der Waals surface area contributed by atoms with E-state index < -0.39 is 11.6 Å². The van der Waals surface area contributed by atoms with Gasteiger partial charge in [0.25, 0.3) is 0 Å². The van der Waals surface area contributed by atoms with Crippen LogP contribution < -0.4 is 0 Å². The standard InChI is InChI=1S/C18H30N4O3/c1-17(2)14(23)10-18(13-22(17)16(24)12-25-3)4-8-21(9-5-18)11-15-19-6-7-20-15/h6-7,14,23H,4-5,8-13H2,1-3H3,(H,19,20)/t14-/m1/s1. The zero-order chi connectivity index (χ0) is 18.1. The van der Waals surface area contributed by atoms with Crippen molar-refractivity contribution in [1.29, 1.82) is 0 Å². The molecule has 3 heterocycles. The second kappa shape index (κ2) is 7.05. The SMILES string of the molecule is COCC(=O)N1CC2(CCN(Cc3ncc[nH]3)CC2)C[C@@H](O)C1(C)C. The predicted octanol–water partition coefficient (Wildman–Crippen LogP) is 1.01. The fraction of sp³-hybridized carbons (Fsp3) is 0.778. The van der Waals surface area contributed by atoms with Gasteiger partial charge in [0.15, 0.2) is 0 Å². The van der Waals surface area contributed by atoms with Crippen LogP contribution in [0.25, 0.3) is 0 Å². The first-order valence-corrected chi connectivity index (χ1v) is 9.04. The number of aliphatic hydroxyl groups excluding tert-OH is 1. The van der Waals surface area contributed by atoms with Crippen LogP contribution in [0.4, 0.5) is 0 Å². The highest BCUT2D eigenvalue weighted by molar-refractivity contribution is 5.78. The molecule has 25 heavy (non-hydrogen) atoms. The Morgan fingerprint density at radius 3 is 2.76 bits per heavy atom. The fourth-order valence-corrected chi connectivity index (χ4v) is 4.20. The van der Waals surface area contributed by atoms with Gasteiger partial charge >= 0.3 is 0 Å². The summed E-state index contributed by atoms with van der Waals surface area (Å²) in [5.41, 5.74) is -0.551. The van der Waals surface area contributed by atoms with Crippen LogP contribution >= 0.6 is 0 Å². The number of H-pyrrole nitrogens is 1. The van der Waals surface area contributed by atoms with E-state index in [1.54, 1.807) is 6.20 Å². The van der Waals surface area contributed by atoms with Crippen molar-refractivity contribution in [3.63, 3.8) is 0 Å². The third-order valence-corrected chi connectivity index (χ3v) is 6.04. The van der Waals surface area contributed by atoms with E-state index in [9.17, 15) is 9.90 Å². The summed E-state index contributed by atoms with van der Waals surface area (Å²) in [6, 6.07) is 0. The second-order valence-electron chi connectivity index (χ2n) is 8.10. The molecule has 2 aliphatic heterocycles. The van der Waals surface area contributed by atoms with Crippen molar-refractivity contribution in [2.45, 2.75) is 51.3 Å². The van der Waals surface area contributed by atoms with Crippen LogP contribution in [0.3, 0.4) is 0 Å². The Kier molecular flexibility index (Phi) is 5.18. The van der Waals surface area contributed by atoms with Gasteiger partial charge in [0.2, 0.25) is 5.91 Å². The molecule has 1 aromatic rings. The summed E-state index contributed by atoms with van der Waals surface area (Å²) in [7, 11) is 1.54. The Labute approximate surface area is 149 Å². The molecule has 0 saturated carbocycles. The maximum atomic E-state index is 12.5. The number of rotatable bonds is 4. The molecule has 1 atom stereocenters. The number of imidazole rings is 1. The van der Waals surface area contributed by atoms with Gasteiger partial charge in [-0.05, 0) is 51.6 Å². The van der Waals surface area contributed by atoms with Crippen molar-refractivity contribution >= 4 is 5.91 Å². The molecule has 2 fully saturated rings. The Bertz CT molecular complexity index is 579. The number of hydrogen-bond donors (Lipinski definition) is 2. The number of nitrogens with zero attached hydrogens (tertiary/aromatic N) is 3. The van der Waals surface area contributed by atoms with Crippen molar-refractivity contribution in [2.75, 3.05) is 33.4 Å². The summed E-state index contributed by atoms with van der Waals surface area (Å²) in [6.07, 6.45) is 5.83. The van der Waals surface area contributed by atoms with Gasteiger partial charge in [0.1, 0.15) is 12.4 Å². The predicted molar refractivity (Wildman–Crippen MR) is 93.8 cm³/mol. The van der Waals surface area contributed by atoms with Crippen LogP contribution in [-0.2, 0) is 16.1 Å². The molecule has 1 amide bonds. The van der Waals surface area contributed by atoms with Gasteiger partial charge < -0.3 is 19.7 Å². The van der Waals surface area contributed by atoms with Crippen molar-refractivity contribution in [3.8, 4) is 0 Å². The Hall–Kier alpha value is -1.44. The summed E-state index contributed by atoms with van der Waals surface area (Å²) in [5.74, 6) is 0.946. The molecular weight excluding hydrogens is 320 g/mol. The highest BCUT2D eigenvalue weighted by atomic mass is 16.5. The van der Waals surface area contributed by atoms with Gasteiger partial charge in [-0.3, -0.25) is 9.69 Å². The molecule has 1 aromatic heterocycles. The molecular formula is C18H30N4O3. The van der Waals surface area contributed by atoms with E-state index in [1.807, 2.05) is 24.9 Å². The molecule has 2 saturated heterocycles. The summed E-state index contributed by atoms with van der Waals surface area (Å²) < 4.78 is 5.05. The van der Waals surface area contributed by atoms with Gasteiger partial charge in [0, 0.05) is 26.0 Å². The number of aromatic nitrogens is 2. The van der Waals surface area contributed by atoms with E-state index >= 15 is 0 Å². The van der Waals surface area contributed by atoms with E-state index in [0.717, 1.165) is 44.7 Å². The number of nitrogens with one attached hydrogen (secondary N) is 1. The Balaban J connectivity index is 1.67. The van der Waals surface area contributed by atoms with Crippen molar-refractivity contribution in [1.82, 2.24) is 19.8 Å². The average molecular weight is 350 g/mol. The Morgan fingerprint density at radius 2 is 2.16 bits per heavy atom. The summed E-state index contributed by atoms with van der Waals surface area (Å²) in [6.45, 7) is 7.41. The first-order chi connectivity index (χ1) is 11.9. The number of hydrogen-bond acceptors (Lipinski definition) is 5. The van der Waals surface area contributed by atoms with Crippen LogP contribution in [-0.4, -0.2) is 75.8 Å². The van der Waals surface area contributed by atoms with Crippen LogP contribution in [0.15, 0.2) is 12.4 Å². The summed E-state index contributed by atoms with van der Waals surface area (Å²) >= 11 is 0. The molecule has 0 aromatic carbocycles. The summed E-state index contributed by atoms with van der Waals surface area (Å²) in [4.78, 5) is 24.2. The summed E-state index contributed by atoms with van der Waals surface area (Å²) in [5, 5.41) is 10.8. The monoisotopic (exact) mass is 350 g/mol. The second-order valence-corrected chi connectivity index (χ2v) is 8.10. The maximum absolute atomic E-state index is 12.5. The van der Waals surface area contributed by atoms with Gasteiger partial charge in [-0.25, -0.2) is 4.98 Å². The number of carbonyl (C=O) groups excluding carboxylic acids is 1. The first-order valence-electron chi connectivity index (χ1n) is 9.04. The molecule has 1 spiro atoms. The number of ether oxygens (including phenoxy) is 1. The topological polar surface area (TPSA) is 81.7 Å². The van der Waals surface area contributed by atoms with Gasteiger partial charge in [0.05, 0.1) is 18.2 Å². The van der Waals surface area contributed by atoms with Crippen LogP contribution in [0.1, 0.15) is 38.9 Å². The number of methoxy groups -OCH3 is 1. The minimum atomic E-state index is -0.549. The lowest BCUT2D eigenvalue weighted by atomic mass is 9.67. The molecule has 7 heteroatoms. The largest absolute Gasteiger partial charge is 0.391 e. The van der Waals surface area contributed by atoms with Crippen LogP contribution in [0.2, 0.25) is 0 Å². The number of aliphatic hydroxyl groups is 1. The molecule has 140 valence electrons. The molecule has 7 nitrogen and oxygen atoms in total. The lowest BCUT2D eigenvalue weighted by Crippen LogP contribution is -2.65. The molecule has 2 aliphatic rings. The number of piperidine rings is 2. The van der Waals surface area contributed by atoms with E-state index in [1.165, 1.54) is 7.11 Å². The van der Waals surface area contributed by atoms with E-state index in [-0.39, 0.29) is 17.9 Å². The van der Waals surface area contributed by atoms with E-state index in [0.29, 0.717) is 6.54 Å². The highest BCUT2D eigenvalue weighted by Gasteiger charge is 2.50. The third-order valence-electron chi connectivity index (χ3n) is 6.04. The smallest absolute Gasteiger partial charge is 0.249 e. The van der Waals surface area contributed by atoms with Crippen molar-refractivity contribution < 1.29 is 14.6 Å². The van der Waals surface area contributed by atoms with Gasteiger partial charge in [-0.2, -0.15) is 0 Å². The Morgan fingerprint density at radius 1 is 1.44 bits per heavy atom. The zero-order valence-corrected chi connectivity index (χ0v) is 15.5. The normalized spacial score (nSPS) is 26.1. The molecule has 3 rings (SSSR count). The van der Waals surface area contributed by atoms with Crippen molar-refractivity contribution in [3.05, 3.63) is 18.2 Å². The molecule has 0 aliphatic carbocycles.